The summed E-state index contributed by atoms with van der Waals surface area (Å²) in [6.07, 6.45) is 2.29. The van der Waals surface area contributed by atoms with Gasteiger partial charge in [-0.25, -0.2) is 0 Å². The van der Waals surface area contributed by atoms with E-state index >= 15 is 0 Å². The molecule has 0 bridgehead atoms. The topological polar surface area (TPSA) is 15.3 Å². The Balaban J connectivity index is 2.57. The van der Waals surface area contributed by atoms with Crippen molar-refractivity contribution in [2.75, 3.05) is 20.6 Å². The molecule has 0 heterocycles. The molecular formula is C15H25ClN2. The lowest BCUT2D eigenvalue weighted by Crippen LogP contribution is -2.31. The van der Waals surface area contributed by atoms with Crippen LogP contribution in [0, 0.1) is 0 Å². The van der Waals surface area contributed by atoms with Crippen LogP contribution < -0.4 is 5.32 Å². The minimum atomic E-state index is 0.371. The summed E-state index contributed by atoms with van der Waals surface area (Å²) in [5.74, 6) is 0. The molecule has 0 fully saturated rings. The van der Waals surface area contributed by atoms with Gasteiger partial charge < -0.3 is 10.2 Å². The van der Waals surface area contributed by atoms with Gasteiger partial charge in [-0.2, -0.15) is 0 Å². The van der Waals surface area contributed by atoms with Gasteiger partial charge in [0.1, 0.15) is 0 Å². The molecule has 0 saturated heterocycles. The monoisotopic (exact) mass is 268 g/mol. The highest BCUT2D eigenvalue weighted by atomic mass is 35.5. The quantitative estimate of drug-likeness (QED) is 0.811. The number of rotatable bonds is 7. The molecule has 0 aliphatic heterocycles. The average molecular weight is 269 g/mol. The lowest BCUT2D eigenvalue weighted by Gasteiger charge is -2.26. The van der Waals surface area contributed by atoms with E-state index in [2.05, 4.69) is 37.2 Å². The number of hydrogen-bond donors (Lipinski definition) is 1. The highest BCUT2D eigenvalue weighted by Crippen LogP contribution is 2.20. The first kappa shape index (κ1) is 15.5. The van der Waals surface area contributed by atoms with Crippen molar-refractivity contribution in [3.63, 3.8) is 0 Å². The van der Waals surface area contributed by atoms with Gasteiger partial charge in [0.05, 0.1) is 0 Å². The second-order valence-corrected chi connectivity index (χ2v) is 5.36. The predicted molar refractivity (Wildman–Crippen MR) is 80.3 cm³/mol. The van der Waals surface area contributed by atoms with Gasteiger partial charge >= 0.3 is 0 Å². The predicted octanol–water partition coefficient (Wildman–Crippen LogP) is 3.72. The summed E-state index contributed by atoms with van der Waals surface area (Å²) in [5, 5.41) is 4.18. The first-order chi connectivity index (χ1) is 8.58. The van der Waals surface area contributed by atoms with E-state index in [1.165, 1.54) is 12.0 Å². The molecule has 0 aromatic heterocycles. The van der Waals surface area contributed by atoms with Crippen LogP contribution in [0.4, 0.5) is 0 Å². The summed E-state index contributed by atoms with van der Waals surface area (Å²) >= 11 is 6.04. The van der Waals surface area contributed by atoms with Gasteiger partial charge in [-0.05, 0) is 58.1 Å². The van der Waals surface area contributed by atoms with Crippen LogP contribution in [-0.2, 0) is 0 Å². The molecule has 2 nitrogen and oxygen atoms in total. The third kappa shape index (κ3) is 4.60. The Hall–Kier alpha value is -0.570. The van der Waals surface area contributed by atoms with E-state index in [0.717, 1.165) is 18.0 Å². The highest BCUT2D eigenvalue weighted by Gasteiger charge is 2.12. The zero-order valence-corrected chi connectivity index (χ0v) is 12.7. The summed E-state index contributed by atoms with van der Waals surface area (Å²) in [7, 11) is 4.20. The summed E-state index contributed by atoms with van der Waals surface area (Å²) in [5.41, 5.74) is 1.27. The molecular weight excluding hydrogens is 244 g/mol. The Morgan fingerprint density at radius 3 is 2.67 bits per heavy atom. The minimum Gasteiger partial charge on any atom is -0.313 e. The maximum absolute atomic E-state index is 6.04. The number of hydrogen-bond acceptors (Lipinski definition) is 2. The molecule has 102 valence electrons. The number of nitrogens with zero attached hydrogens (tertiary/aromatic N) is 1. The molecule has 2 unspecified atom stereocenters. The Morgan fingerprint density at radius 1 is 1.39 bits per heavy atom. The Bertz CT molecular complexity index is 354. The fourth-order valence-electron chi connectivity index (χ4n) is 2.07. The van der Waals surface area contributed by atoms with Crippen LogP contribution in [0.2, 0.25) is 5.02 Å². The van der Waals surface area contributed by atoms with Crippen molar-refractivity contribution in [1.82, 2.24) is 10.2 Å². The summed E-state index contributed by atoms with van der Waals surface area (Å²) < 4.78 is 0. The first-order valence-electron chi connectivity index (χ1n) is 6.71. The van der Waals surface area contributed by atoms with E-state index < -0.39 is 0 Å². The second-order valence-electron chi connectivity index (χ2n) is 4.92. The Morgan fingerprint density at radius 2 is 2.11 bits per heavy atom. The third-order valence-electron chi connectivity index (χ3n) is 3.71. The van der Waals surface area contributed by atoms with Crippen molar-refractivity contribution in [2.45, 2.75) is 38.8 Å². The lowest BCUT2D eigenvalue weighted by molar-refractivity contribution is 0.239. The van der Waals surface area contributed by atoms with Gasteiger partial charge in [0, 0.05) is 17.1 Å². The van der Waals surface area contributed by atoms with E-state index in [1.54, 1.807) is 0 Å². The van der Waals surface area contributed by atoms with Crippen molar-refractivity contribution in [1.29, 1.82) is 0 Å². The van der Waals surface area contributed by atoms with Crippen LogP contribution in [0.5, 0.6) is 0 Å². The number of benzene rings is 1. The average Bonchev–Trinajstić information content (AvgIpc) is 2.38. The van der Waals surface area contributed by atoms with Crippen molar-refractivity contribution >= 4 is 11.6 Å². The first-order valence-corrected chi connectivity index (χ1v) is 7.09. The molecule has 2 atom stereocenters. The van der Waals surface area contributed by atoms with Crippen molar-refractivity contribution in [3.05, 3.63) is 34.9 Å². The zero-order valence-electron chi connectivity index (χ0n) is 11.9. The van der Waals surface area contributed by atoms with Crippen LogP contribution in [0.1, 0.15) is 38.3 Å². The van der Waals surface area contributed by atoms with E-state index in [4.69, 9.17) is 11.6 Å². The second kappa shape index (κ2) is 7.78. The van der Waals surface area contributed by atoms with Crippen LogP contribution in [0.15, 0.2) is 24.3 Å². The van der Waals surface area contributed by atoms with Gasteiger partial charge in [0.15, 0.2) is 0 Å². The number of nitrogens with one attached hydrogen (secondary N) is 1. The van der Waals surface area contributed by atoms with Gasteiger partial charge in [-0.15, -0.1) is 0 Å². The fraction of sp³-hybridized carbons (Fsp3) is 0.600. The molecule has 1 aromatic rings. The normalized spacial score (nSPS) is 14.8. The molecule has 0 spiro atoms. The molecule has 3 heteroatoms. The van der Waals surface area contributed by atoms with E-state index in [1.807, 2.05) is 25.2 Å². The van der Waals surface area contributed by atoms with Gasteiger partial charge in [0.25, 0.3) is 0 Å². The standard InChI is InChI=1S/C15H25ClN2/c1-5-12(2)18(4)10-9-15(17-3)13-7-6-8-14(16)11-13/h6-8,11-12,15,17H,5,9-10H2,1-4H3. The smallest absolute Gasteiger partial charge is 0.0409 e. The van der Waals surface area contributed by atoms with E-state index in [9.17, 15) is 0 Å². The molecule has 1 aromatic carbocycles. The molecule has 0 amide bonds. The van der Waals surface area contributed by atoms with Crippen molar-refractivity contribution in [3.8, 4) is 0 Å². The summed E-state index contributed by atoms with van der Waals surface area (Å²) in [4.78, 5) is 2.41. The van der Waals surface area contributed by atoms with Crippen molar-refractivity contribution < 1.29 is 0 Å². The maximum Gasteiger partial charge on any atom is 0.0409 e. The van der Waals surface area contributed by atoms with Crippen LogP contribution >= 0.6 is 11.6 Å². The SMILES string of the molecule is CCC(C)N(C)CCC(NC)c1cccc(Cl)c1. The molecule has 0 aliphatic carbocycles. The van der Waals surface area contributed by atoms with Gasteiger partial charge in [0.2, 0.25) is 0 Å². The zero-order chi connectivity index (χ0) is 13.5. The Kier molecular flexibility index (Phi) is 6.69. The molecule has 1 N–H and O–H groups in total. The third-order valence-corrected chi connectivity index (χ3v) is 3.95. The van der Waals surface area contributed by atoms with Gasteiger partial charge in [-0.3, -0.25) is 0 Å². The molecule has 0 radical (unpaired) electrons. The maximum atomic E-state index is 6.04. The van der Waals surface area contributed by atoms with Crippen molar-refractivity contribution in [2.24, 2.45) is 0 Å². The largest absolute Gasteiger partial charge is 0.313 e. The lowest BCUT2D eigenvalue weighted by atomic mass is 10.0. The van der Waals surface area contributed by atoms with E-state index in [-0.39, 0.29) is 0 Å². The number of halogens is 1. The van der Waals surface area contributed by atoms with Crippen LogP contribution in [0.3, 0.4) is 0 Å². The Labute approximate surface area is 116 Å². The van der Waals surface area contributed by atoms with Gasteiger partial charge in [-0.1, -0.05) is 30.7 Å². The summed E-state index contributed by atoms with van der Waals surface area (Å²) in [6, 6.07) is 9.13. The van der Waals surface area contributed by atoms with Crippen LogP contribution in [0.25, 0.3) is 0 Å². The van der Waals surface area contributed by atoms with Crippen LogP contribution in [-0.4, -0.2) is 31.6 Å². The molecule has 0 saturated carbocycles. The van der Waals surface area contributed by atoms with E-state index in [0.29, 0.717) is 12.1 Å². The minimum absolute atomic E-state index is 0.371. The molecule has 1 rings (SSSR count). The molecule has 0 aliphatic rings. The summed E-state index contributed by atoms with van der Waals surface area (Å²) in [6.45, 7) is 5.59. The highest BCUT2D eigenvalue weighted by molar-refractivity contribution is 6.30. The fourth-order valence-corrected chi connectivity index (χ4v) is 2.26. The molecule has 18 heavy (non-hydrogen) atoms.